The van der Waals surface area contributed by atoms with Gasteiger partial charge in [0, 0.05) is 12.1 Å². The molecule has 2 N–H and O–H groups in total. The predicted molar refractivity (Wildman–Crippen MR) is 74.8 cm³/mol. The van der Waals surface area contributed by atoms with Gasteiger partial charge >= 0.3 is 6.09 Å². The maximum atomic E-state index is 13.6. The maximum absolute atomic E-state index is 13.6. The SMILES string of the molecule is COc1cc(C#C[Si](C)(C)C)c(NC(=O)O)cc1F. The second kappa shape index (κ2) is 5.76. The third-order valence-electron chi connectivity index (χ3n) is 2.11. The van der Waals surface area contributed by atoms with Crippen molar-refractivity contribution in [2.45, 2.75) is 19.6 Å². The smallest absolute Gasteiger partial charge is 0.409 e. The molecule has 0 aliphatic rings. The van der Waals surface area contributed by atoms with E-state index >= 15 is 0 Å². The third-order valence-corrected chi connectivity index (χ3v) is 2.98. The van der Waals surface area contributed by atoms with E-state index in [9.17, 15) is 9.18 Å². The average molecular weight is 281 g/mol. The highest BCUT2D eigenvalue weighted by atomic mass is 28.3. The largest absolute Gasteiger partial charge is 0.494 e. The summed E-state index contributed by atoms with van der Waals surface area (Å²) in [6, 6.07) is 2.47. The Bertz CT molecular complexity index is 555. The number of amides is 1. The van der Waals surface area contributed by atoms with Crippen LogP contribution >= 0.6 is 0 Å². The van der Waals surface area contributed by atoms with Gasteiger partial charge in [0.25, 0.3) is 0 Å². The van der Waals surface area contributed by atoms with E-state index in [-0.39, 0.29) is 11.4 Å². The van der Waals surface area contributed by atoms with Crippen LogP contribution in [0.3, 0.4) is 0 Å². The molecule has 1 rings (SSSR count). The summed E-state index contributed by atoms with van der Waals surface area (Å²) in [4.78, 5) is 10.7. The van der Waals surface area contributed by atoms with Crippen molar-refractivity contribution in [3.8, 4) is 17.2 Å². The van der Waals surface area contributed by atoms with Crippen LogP contribution in [0.1, 0.15) is 5.56 Å². The zero-order valence-corrected chi connectivity index (χ0v) is 12.3. The predicted octanol–water partition coefficient (Wildman–Crippen LogP) is 3.15. The van der Waals surface area contributed by atoms with E-state index in [0.717, 1.165) is 6.07 Å². The molecule has 1 amide bonds. The van der Waals surface area contributed by atoms with Gasteiger partial charge in [0.15, 0.2) is 11.6 Å². The van der Waals surface area contributed by atoms with E-state index in [2.05, 4.69) is 36.4 Å². The summed E-state index contributed by atoms with van der Waals surface area (Å²) >= 11 is 0. The van der Waals surface area contributed by atoms with E-state index in [1.807, 2.05) is 0 Å². The summed E-state index contributed by atoms with van der Waals surface area (Å²) in [6.07, 6.45) is -1.26. The first-order chi connectivity index (χ1) is 8.73. The molecule has 6 heteroatoms. The molecule has 0 saturated carbocycles. The molecule has 19 heavy (non-hydrogen) atoms. The van der Waals surface area contributed by atoms with Gasteiger partial charge in [-0.3, -0.25) is 5.32 Å². The number of carbonyl (C=O) groups is 1. The van der Waals surface area contributed by atoms with Crippen LogP contribution in [0.2, 0.25) is 19.6 Å². The molecular formula is C13H16FNO3Si. The Morgan fingerprint density at radius 1 is 1.42 bits per heavy atom. The molecule has 1 aromatic carbocycles. The van der Waals surface area contributed by atoms with Crippen molar-refractivity contribution < 1.29 is 19.0 Å². The minimum absolute atomic E-state index is 0.0378. The van der Waals surface area contributed by atoms with Gasteiger partial charge in [0.1, 0.15) is 8.07 Å². The topological polar surface area (TPSA) is 58.6 Å². The van der Waals surface area contributed by atoms with E-state index in [1.54, 1.807) is 0 Å². The lowest BCUT2D eigenvalue weighted by atomic mass is 10.1. The minimum Gasteiger partial charge on any atom is -0.494 e. The summed E-state index contributed by atoms with van der Waals surface area (Å²) < 4.78 is 18.4. The Balaban J connectivity index is 3.31. The molecule has 0 radical (unpaired) electrons. The van der Waals surface area contributed by atoms with E-state index in [4.69, 9.17) is 9.84 Å². The number of hydrogen-bond acceptors (Lipinski definition) is 2. The lowest BCUT2D eigenvalue weighted by Gasteiger charge is -2.09. The number of ether oxygens (including phenoxy) is 1. The first-order valence-electron chi connectivity index (χ1n) is 5.63. The molecule has 0 unspecified atom stereocenters. The summed E-state index contributed by atoms with van der Waals surface area (Å²) in [5, 5.41) is 10.9. The van der Waals surface area contributed by atoms with Crippen LogP contribution in [0.25, 0.3) is 0 Å². The molecule has 0 aliphatic carbocycles. The number of methoxy groups -OCH3 is 1. The Hall–Kier alpha value is -2.00. The number of anilines is 1. The van der Waals surface area contributed by atoms with Crippen LogP contribution in [0.5, 0.6) is 5.75 Å². The summed E-state index contributed by atoms with van der Waals surface area (Å²) in [6.45, 7) is 6.18. The normalized spacial score (nSPS) is 10.4. The molecule has 4 nitrogen and oxygen atoms in total. The minimum atomic E-state index is -1.61. The Morgan fingerprint density at radius 3 is 2.53 bits per heavy atom. The fourth-order valence-corrected chi connectivity index (χ4v) is 1.80. The van der Waals surface area contributed by atoms with E-state index < -0.39 is 20.0 Å². The highest BCUT2D eigenvalue weighted by Gasteiger charge is 2.12. The molecule has 0 atom stereocenters. The van der Waals surface area contributed by atoms with Gasteiger partial charge in [-0.2, -0.15) is 0 Å². The van der Waals surface area contributed by atoms with Crippen LogP contribution in [-0.4, -0.2) is 26.4 Å². The maximum Gasteiger partial charge on any atom is 0.409 e. The van der Waals surface area contributed by atoms with Crippen molar-refractivity contribution in [2.24, 2.45) is 0 Å². The molecular weight excluding hydrogens is 265 g/mol. The zero-order chi connectivity index (χ0) is 14.6. The van der Waals surface area contributed by atoms with Crippen LogP contribution < -0.4 is 10.1 Å². The quantitative estimate of drug-likeness (QED) is 0.646. The molecule has 0 spiro atoms. The van der Waals surface area contributed by atoms with Gasteiger partial charge in [0.05, 0.1) is 18.4 Å². The first-order valence-corrected chi connectivity index (χ1v) is 9.13. The Labute approximate surface area is 112 Å². The molecule has 0 fully saturated rings. The first kappa shape index (κ1) is 15.1. The number of halogens is 1. The second-order valence-corrected chi connectivity index (χ2v) is 9.71. The highest BCUT2D eigenvalue weighted by Crippen LogP contribution is 2.25. The van der Waals surface area contributed by atoms with Crippen LogP contribution in [-0.2, 0) is 0 Å². The fraction of sp³-hybridized carbons (Fsp3) is 0.308. The fourth-order valence-electron chi connectivity index (χ4n) is 1.29. The van der Waals surface area contributed by atoms with Crippen LogP contribution in [0, 0.1) is 17.3 Å². The monoisotopic (exact) mass is 281 g/mol. The van der Waals surface area contributed by atoms with Crippen molar-refractivity contribution in [3.63, 3.8) is 0 Å². The summed E-state index contributed by atoms with van der Waals surface area (Å²) in [7, 11) is -0.269. The molecule has 0 saturated heterocycles. The van der Waals surface area contributed by atoms with Gasteiger partial charge in [-0.1, -0.05) is 25.6 Å². The van der Waals surface area contributed by atoms with Gasteiger partial charge in [-0.15, -0.1) is 5.54 Å². The van der Waals surface area contributed by atoms with Gasteiger partial charge in [-0.25, -0.2) is 9.18 Å². The van der Waals surface area contributed by atoms with Crippen molar-refractivity contribution >= 4 is 19.9 Å². The molecule has 102 valence electrons. The number of nitrogens with one attached hydrogen (secondary N) is 1. The number of benzene rings is 1. The van der Waals surface area contributed by atoms with Gasteiger partial charge in [0.2, 0.25) is 0 Å². The van der Waals surface area contributed by atoms with Crippen LogP contribution in [0.15, 0.2) is 12.1 Å². The van der Waals surface area contributed by atoms with Crippen molar-refractivity contribution in [1.82, 2.24) is 0 Å². The van der Waals surface area contributed by atoms with Crippen molar-refractivity contribution in [3.05, 3.63) is 23.5 Å². The Morgan fingerprint density at radius 2 is 2.05 bits per heavy atom. The highest BCUT2D eigenvalue weighted by molar-refractivity contribution is 6.83. The number of carboxylic acid groups (broad SMARTS) is 1. The lowest BCUT2D eigenvalue weighted by Crippen LogP contribution is -2.16. The Kier molecular flexibility index (Phi) is 4.56. The standard InChI is InChI=1S/C13H16FNO3Si/c1-18-12-7-9(5-6-19(2,3)4)11(8-10(12)14)15-13(16)17/h7-8,15H,1-4H3,(H,16,17). The van der Waals surface area contributed by atoms with Crippen molar-refractivity contribution in [1.29, 1.82) is 0 Å². The summed E-state index contributed by atoms with van der Waals surface area (Å²) in [5.74, 6) is 2.30. The number of rotatable bonds is 2. The van der Waals surface area contributed by atoms with Crippen LogP contribution in [0.4, 0.5) is 14.9 Å². The molecule has 1 aromatic rings. The third kappa shape index (κ3) is 4.64. The molecule has 0 bridgehead atoms. The van der Waals surface area contributed by atoms with Crippen molar-refractivity contribution in [2.75, 3.05) is 12.4 Å². The van der Waals surface area contributed by atoms with Gasteiger partial charge in [-0.05, 0) is 0 Å². The molecule has 0 aromatic heterocycles. The summed E-state index contributed by atoms with van der Waals surface area (Å²) in [5.41, 5.74) is 3.63. The number of hydrogen-bond donors (Lipinski definition) is 2. The average Bonchev–Trinajstić information content (AvgIpc) is 2.26. The molecule has 0 aliphatic heterocycles. The van der Waals surface area contributed by atoms with E-state index in [0.29, 0.717) is 5.56 Å². The second-order valence-electron chi connectivity index (χ2n) is 4.96. The lowest BCUT2D eigenvalue weighted by molar-refractivity contribution is 0.209. The molecule has 0 heterocycles. The van der Waals surface area contributed by atoms with E-state index in [1.165, 1.54) is 13.2 Å². The van der Waals surface area contributed by atoms with Gasteiger partial charge < -0.3 is 9.84 Å². The zero-order valence-electron chi connectivity index (χ0n) is 11.3.